The molecule has 0 aromatic heterocycles. The van der Waals surface area contributed by atoms with E-state index < -0.39 is 0 Å². The van der Waals surface area contributed by atoms with Crippen molar-refractivity contribution < 1.29 is 4.79 Å². The van der Waals surface area contributed by atoms with Crippen molar-refractivity contribution in [3.63, 3.8) is 0 Å². The van der Waals surface area contributed by atoms with Crippen LogP contribution in [0.2, 0.25) is 0 Å². The van der Waals surface area contributed by atoms with E-state index in [2.05, 4.69) is 22.3 Å². The second-order valence-corrected chi connectivity index (χ2v) is 5.25. The molecule has 1 aliphatic rings. The summed E-state index contributed by atoms with van der Waals surface area (Å²) in [7, 11) is 2.03. The number of carbonyl (C=O) groups is 1. The van der Waals surface area contributed by atoms with Crippen molar-refractivity contribution in [2.24, 2.45) is 11.7 Å². The molecule has 2 atom stereocenters. The van der Waals surface area contributed by atoms with Gasteiger partial charge in [-0.1, -0.05) is 24.6 Å². The van der Waals surface area contributed by atoms with Crippen molar-refractivity contribution >= 4 is 36.4 Å². The zero-order valence-corrected chi connectivity index (χ0v) is 14.0. The molecule has 0 saturated heterocycles. The van der Waals surface area contributed by atoms with Gasteiger partial charge in [-0.25, -0.2) is 0 Å². The third kappa shape index (κ3) is 5.73. The maximum absolute atomic E-state index is 12.0. The molecule has 1 aromatic carbocycles. The van der Waals surface area contributed by atoms with Crippen LogP contribution in [0.25, 0.3) is 0 Å². The smallest absolute Gasteiger partial charge is 0.224 e. The average Bonchev–Trinajstić information content (AvgIpc) is 2.86. The Morgan fingerprint density at radius 2 is 1.95 bits per heavy atom. The van der Waals surface area contributed by atoms with E-state index >= 15 is 0 Å². The zero-order valence-electron chi connectivity index (χ0n) is 12.3. The third-order valence-electron chi connectivity index (χ3n) is 3.85. The van der Waals surface area contributed by atoms with Crippen molar-refractivity contribution in [2.45, 2.75) is 25.3 Å². The summed E-state index contributed by atoms with van der Waals surface area (Å²) in [6.07, 6.45) is 2.98. The van der Waals surface area contributed by atoms with E-state index in [1.807, 2.05) is 25.2 Å². The number of anilines is 1. The summed E-state index contributed by atoms with van der Waals surface area (Å²) >= 11 is 0. The van der Waals surface area contributed by atoms with E-state index in [0.717, 1.165) is 31.5 Å². The Morgan fingerprint density at radius 3 is 2.52 bits per heavy atom. The zero-order chi connectivity index (χ0) is 13.7. The van der Waals surface area contributed by atoms with E-state index in [1.54, 1.807) is 0 Å². The minimum Gasteiger partial charge on any atom is -0.373 e. The quantitative estimate of drug-likeness (QED) is 0.868. The number of halogens is 2. The lowest BCUT2D eigenvalue weighted by atomic mass is 10.0. The van der Waals surface area contributed by atoms with Crippen molar-refractivity contribution in [3.8, 4) is 0 Å². The van der Waals surface area contributed by atoms with Crippen LogP contribution in [0.4, 0.5) is 5.69 Å². The second kappa shape index (κ2) is 9.87. The molecule has 0 bridgehead atoms. The summed E-state index contributed by atoms with van der Waals surface area (Å²) in [5.41, 5.74) is 7.09. The van der Waals surface area contributed by atoms with Gasteiger partial charge in [0, 0.05) is 31.9 Å². The fourth-order valence-electron chi connectivity index (χ4n) is 2.60. The van der Waals surface area contributed by atoms with Gasteiger partial charge in [0.05, 0.1) is 5.92 Å². The van der Waals surface area contributed by atoms with Gasteiger partial charge >= 0.3 is 0 Å². The van der Waals surface area contributed by atoms with E-state index in [1.165, 1.54) is 0 Å². The lowest BCUT2D eigenvalue weighted by Crippen LogP contribution is -2.41. The van der Waals surface area contributed by atoms with Crippen LogP contribution < -0.4 is 16.0 Å². The molecular weight excluding hydrogens is 309 g/mol. The first-order valence-corrected chi connectivity index (χ1v) is 6.98. The molecule has 120 valence electrons. The highest BCUT2D eigenvalue weighted by atomic mass is 35.5. The summed E-state index contributed by atoms with van der Waals surface area (Å²) in [5.74, 6) is 0.133. The van der Waals surface area contributed by atoms with Gasteiger partial charge in [-0.2, -0.15) is 0 Å². The molecule has 2 rings (SSSR count). The summed E-state index contributed by atoms with van der Waals surface area (Å²) in [5, 5.41) is 3.00. The van der Waals surface area contributed by atoms with Gasteiger partial charge in [0.25, 0.3) is 0 Å². The van der Waals surface area contributed by atoms with Crippen LogP contribution in [-0.4, -0.2) is 32.1 Å². The van der Waals surface area contributed by atoms with Crippen molar-refractivity contribution in [3.05, 3.63) is 30.3 Å². The Balaban J connectivity index is 0.00000200. The molecule has 4 nitrogen and oxygen atoms in total. The lowest BCUT2D eigenvalue weighted by molar-refractivity contribution is -0.125. The largest absolute Gasteiger partial charge is 0.373 e. The number of para-hydroxylation sites is 1. The maximum atomic E-state index is 12.0. The normalized spacial score (nSPS) is 20.1. The maximum Gasteiger partial charge on any atom is 0.224 e. The molecule has 6 heteroatoms. The second-order valence-electron chi connectivity index (χ2n) is 5.25. The fraction of sp³-hybridized carbons (Fsp3) is 0.533. The van der Waals surface area contributed by atoms with Gasteiger partial charge in [0.15, 0.2) is 0 Å². The highest BCUT2D eigenvalue weighted by Crippen LogP contribution is 2.23. The minimum atomic E-state index is 0. The molecule has 0 aliphatic heterocycles. The molecule has 1 aliphatic carbocycles. The molecule has 0 spiro atoms. The van der Waals surface area contributed by atoms with Crippen molar-refractivity contribution in [1.29, 1.82) is 0 Å². The minimum absolute atomic E-state index is 0. The molecule has 1 aromatic rings. The molecule has 1 saturated carbocycles. The number of amides is 1. The average molecular weight is 334 g/mol. The van der Waals surface area contributed by atoms with Crippen LogP contribution in [0.5, 0.6) is 0 Å². The van der Waals surface area contributed by atoms with Crippen molar-refractivity contribution in [1.82, 2.24) is 5.32 Å². The Bertz CT molecular complexity index is 417. The first-order chi connectivity index (χ1) is 9.18. The number of nitrogens with two attached hydrogens (primary N) is 1. The van der Waals surface area contributed by atoms with Crippen LogP contribution >= 0.6 is 24.8 Å². The number of likely N-dealkylation sites (N-methyl/N-ethyl adjacent to an activating group) is 1. The molecule has 3 N–H and O–H groups in total. The third-order valence-corrected chi connectivity index (χ3v) is 3.85. The van der Waals surface area contributed by atoms with Gasteiger partial charge in [0.1, 0.15) is 0 Å². The number of hydrogen-bond acceptors (Lipinski definition) is 3. The summed E-state index contributed by atoms with van der Waals surface area (Å²) in [6, 6.07) is 10.2. The molecular formula is C15H25Cl2N3O. The Hall–Kier alpha value is -0.970. The molecule has 0 radical (unpaired) electrons. The number of hydrogen-bond donors (Lipinski definition) is 2. The van der Waals surface area contributed by atoms with Gasteiger partial charge in [0.2, 0.25) is 5.91 Å². The first kappa shape index (κ1) is 20.0. The molecule has 1 fully saturated rings. The van der Waals surface area contributed by atoms with E-state index in [-0.39, 0.29) is 42.7 Å². The van der Waals surface area contributed by atoms with Crippen LogP contribution in [0.1, 0.15) is 19.3 Å². The first-order valence-electron chi connectivity index (χ1n) is 6.98. The Labute approximate surface area is 139 Å². The highest BCUT2D eigenvalue weighted by Gasteiger charge is 2.29. The van der Waals surface area contributed by atoms with E-state index in [0.29, 0.717) is 6.54 Å². The van der Waals surface area contributed by atoms with E-state index in [4.69, 9.17) is 5.73 Å². The number of benzene rings is 1. The molecule has 1 amide bonds. The van der Waals surface area contributed by atoms with E-state index in [9.17, 15) is 4.79 Å². The van der Waals surface area contributed by atoms with Gasteiger partial charge in [-0.15, -0.1) is 24.8 Å². The van der Waals surface area contributed by atoms with Gasteiger partial charge < -0.3 is 16.0 Å². The van der Waals surface area contributed by atoms with Crippen LogP contribution in [0, 0.1) is 5.92 Å². The predicted octanol–water partition coefficient (Wildman–Crippen LogP) is 2.21. The Morgan fingerprint density at radius 1 is 1.29 bits per heavy atom. The monoisotopic (exact) mass is 333 g/mol. The number of nitrogens with zero attached hydrogens (tertiary/aromatic N) is 1. The number of rotatable bonds is 5. The van der Waals surface area contributed by atoms with Crippen LogP contribution in [0.3, 0.4) is 0 Å². The Kier molecular flexibility index (Phi) is 9.42. The summed E-state index contributed by atoms with van der Waals surface area (Å²) < 4.78 is 0. The topological polar surface area (TPSA) is 58.4 Å². The fourth-order valence-corrected chi connectivity index (χ4v) is 2.60. The van der Waals surface area contributed by atoms with Gasteiger partial charge in [-0.3, -0.25) is 4.79 Å². The number of carbonyl (C=O) groups excluding carboxylic acids is 1. The summed E-state index contributed by atoms with van der Waals surface area (Å²) in [6.45, 7) is 1.46. The number of nitrogens with one attached hydrogen (secondary N) is 1. The molecule has 2 unspecified atom stereocenters. The lowest BCUT2D eigenvalue weighted by Gasteiger charge is -2.21. The van der Waals surface area contributed by atoms with Crippen molar-refractivity contribution in [2.75, 3.05) is 25.0 Å². The van der Waals surface area contributed by atoms with Gasteiger partial charge in [-0.05, 0) is 25.0 Å². The molecule has 21 heavy (non-hydrogen) atoms. The van der Waals surface area contributed by atoms with Crippen LogP contribution in [-0.2, 0) is 4.79 Å². The predicted molar refractivity (Wildman–Crippen MR) is 92.5 cm³/mol. The highest BCUT2D eigenvalue weighted by molar-refractivity contribution is 5.85. The van der Waals surface area contributed by atoms with Crippen LogP contribution in [0.15, 0.2) is 30.3 Å². The standard InChI is InChI=1S/C15H23N3O.2ClH/c1-18(12-6-3-2-4-7-12)11-10-17-15(19)13-8-5-9-14(13)16;;/h2-4,6-7,13-14H,5,8-11,16H2,1H3,(H,17,19);2*1H. The summed E-state index contributed by atoms with van der Waals surface area (Å²) in [4.78, 5) is 14.1. The SMILES string of the molecule is CN(CCNC(=O)C1CCCC1N)c1ccccc1.Cl.Cl. The molecule has 0 heterocycles.